The molecule has 1 rings (SSSR count). The number of amides is 13. The smallest absolute Gasteiger partial charge is 0.268 e. The number of unbranched alkanes of at least 4 members (excludes halogenated alkanes) is 2. The minimum atomic E-state index is -1.45. The molecule has 16 atom stereocenters. The molecule has 0 saturated carbocycles. The Hall–Kier alpha value is -8.18. The van der Waals surface area contributed by atoms with Gasteiger partial charge in [0.15, 0.2) is 0 Å². The maximum Gasteiger partial charge on any atom is 0.268 e. The molecule has 644 valence electrons. The number of aromatic hydroxyl groups is 1. The highest BCUT2D eigenvalue weighted by Gasteiger charge is 2.40. The zero-order valence-corrected chi connectivity index (χ0v) is 71.0. The van der Waals surface area contributed by atoms with Crippen molar-refractivity contribution >= 4 is 87.6 Å². The van der Waals surface area contributed by atoms with Crippen molar-refractivity contribution in [3.8, 4) is 5.75 Å². The number of allylic oxidation sites excluding steroid dienone is 1. The summed E-state index contributed by atoms with van der Waals surface area (Å²) in [7, 11) is -1.45. The van der Waals surface area contributed by atoms with Crippen molar-refractivity contribution in [1.82, 2.24) is 69.1 Å². The Balaban J connectivity index is 3.66. The van der Waals surface area contributed by atoms with E-state index in [2.05, 4.69) is 69.1 Å². The van der Waals surface area contributed by atoms with Crippen LogP contribution in [0.3, 0.4) is 0 Å². The predicted molar refractivity (Wildman–Crippen MR) is 435 cm³/mol. The molecule has 0 radical (unpaired) electrons. The van der Waals surface area contributed by atoms with Crippen molar-refractivity contribution in [1.29, 1.82) is 0 Å². The van der Waals surface area contributed by atoms with Gasteiger partial charge in [0.05, 0.1) is 12.6 Å². The summed E-state index contributed by atoms with van der Waals surface area (Å²) in [6.45, 7) is 29.5. The number of carbonyl (C=O) groups excluding carboxylic acids is 13. The fraction of sp³-hybridized carbons (Fsp3) is 0.734. The molecule has 1 aromatic carbocycles. The highest BCUT2D eigenvalue weighted by Crippen LogP contribution is 2.19. The van der Waals surface area contributed by atoms with E-state index in [-0.39, 0.29) is 113 Å². The summed E-state index contributed by atoms with van der Waals surface area (Å²) in [5, 5.41) is 66.0. The lowest BCUT2D eigenvalue weighted by molar-refractivity contribution is -0.137. The lowest BCUT2D eigenvalue weighted by Gasteiger charge is -2.31. The van der Waals surface area contributed by atoms with E-state index >= 15 is 0 Å². The van der Waals surface area contributed by atoms with Crippen LogP contribution < -0.4 is 86.3 Å². The van der Waals surface area contributed by atoms with Gasteiger partial charge in [0, 0.05) is 29.2 Å². The van der Waals surface area contributed by atoms with Gasteiger partial charge in [-0.25, -0.2) is 0 Å². The normalized spacial score (nSPS) is 16.0. The van der Waals surface area contributed by atoms with Crippen LogP contribution in [0.25, 0.3) is 0 Å². The van der Waals surface area contributed by atoms with Crippen molar-refractivity contribution in [3.05, 3.63) is 41.6 Å². The third-order valence-corrected chi connectivity index (χ3v) is 20.4. The molecule has 0 heterocycles. The van der Waals surface area contributed by atoms with Gasteiger partial charge in [-0.15, -0.1) is 0 Å². The van der Waals surface area contributed by atoms with Crippen LogP contribution in [0.1, 0.15) is 207 Å². The number of aliphatic hydroxyl groups is 2. The molecule has 33 nitrogen and oxygen atoms in total. The van der Waals surface area contributed by atoms with Crippen molar-refractivity contribution in [2.24, 2.45) is 64.5 Å². The molecule has 1 aromatic rings. The first-order valence-electron chi connectivity index (χ1n) is 40.2. The van der Waals surface area contributed by atoms with Crippen molar-refractivity contribution in [3.63, 3.8) is 0 Å². The van der Waals surface area contributed by atoms with Crippen LogP contribution in [-0.2, 0) is 79.5 Å². The van der Waals surface area contributed by atoms with Gasteiger partial charge in [-0.3, -0.25) is 66.5 Å². The van der Waals surface area contributed by atoms with E-state index in [1.54, 1.807) is 81.4 Å². The summed E-state index contributed by atoms with van der Waals surface area (Å²) in [6, 6.07) is -9.04. The van der Waals surface area contributed by atoms with Crippen LogP contribution in [0.5, 0.6) is 5.75 Å². The molecule has 1 unspecified atom stereocenters. The largest absolute Gasteiger partial charge is 0.508 e. The summed E-state index contributed by atoms with van der Waals surface area (Å²) >= 11 is 0. The minimum absolute atomic E-state index is 0.0202. The fourth-order valence-electron chi connectivity index (χ4n) is 12.0. The highest BCUT2D eigenvalue weighted by molar-refractivity contribution is 7.84. The summed E-state index contributed by atoms with van der Waals surface area (Å²) in [5.74, 6) is -13.7. The van der Waals surface area contributed by atoms with Gasteiger partial charge in [0.25, 0.3) is 11.8 Å². The predicted octanol–water partition coefficient (Wildman–Crippen LogP) is 0.699. The molecule has 0 saturated heterocycles. The third-order valence-electron chi connectivity index (χ3n) is 19.6. The number of phenolic OH excluding ortho intramolecular Hbond substituents is 1. The first kappa shape index (κ1) is 103. The molecule has 0 bridgehead atoms. The van der Waals surface area contributed by atoms with Crippen molar-refractivity contribution < 1.29 is 81.9 Å². The molecule has 0 aliphatic carbocycles. The van der Waals surface area contributed by atoms with E-state index in [1.165, 1.54) is 31.4 Å². The minimum Gasteiger partial charge on any atom is -0.508 e. The van der Waals surface area contributed by atoms with Gasteiger partial charge in [-0.1, -0.05) is 142 Å². The van der Waals surface area contributed by atoms with Gasteiger partial charge in [0.1, 0.15) is 84.0 Å². The molecular weight excluding hydrogens is 1480 g/mol. The Kier molecular flexibility index (Phi) is 49.0. The quantitative estimate of drug-likeness (QED) is 0.0315. The number of hydrogen-bond acceptors (Lipinski definition) is 20. The average Bonchev–Trinajstić information content (AvgIpc) is 0.846. The number of rotatable bonds is 55. The second kappa shape index (κ2) is 53.8. The highest BCUT2D eigenvalue weighted by atomic mass is 32.2. The zero-order valence-electron chi connectivity index (χ0n) is 70.1. The SMILES string of the molecule is CC=C(NC(=O)[C@@H](O)[C@@H](C)CC)C(=O)N[C@@H](CCS(C)=O)C(=O)N[C@H](CCCN)C(=O)N[C@H](C(=O)N[C@H](C(=O)N[C@H](C(=O)N[C@H](CCCCN)C(=O)N[C@H](C(=O)N[C@H](CC(C)C)C(=O)N[C@@H](CCCCN)C(=O)N[C@H](Cc1ccc(O)cc1)C(=O)N[C@@H](CC(C)C)C(=O)N[C@H](CO)C(C)C)C(C)C)C(C)C)C(C)C)[C@@H](C)CC. The second-order valence-electron chi connectivity index (χ2n) is 31.7. The number of nitrogens with two attached hydrogens (primary N) is 3. The van der Waals surface area contributed by atoms with Crippen LogP contribution in [0.2, 0.25) is 0 Å². The fourth-order valence-corrected chi connectivity index (χ4v) is 12.5. The summed E-state index contributed by atoms with van der Waals surface area (Å²) in [5.41, 5.74) is 17.9. The molecule has 22 N–H and O–H groups in total. The number of aliphatic hydroxyl groups excluding tert-OH is 2. The summed E-state index contributed by atoms with van der Waals surface area (Å²) < 4.78 is 12.3. The topological polar surface area (TPSA) is 534 Å². The van der Waals surface area contributed by atoms with Crippen molar-refractivity contribution in [2.45, 2.75) is 286 Å². The Labute approximate surface area is 671 Å². The second-order valence-corrected chi connectivity index (χ2v) is 33.3. The van der Waals surface area contributed by atoms with Crippen LogP contribution in [0, 0.1) is 47.3 Å². The molecule has 13 amide bonds. The monoisotopic (exact) mass is 1620 g/mol. The van der Waals surface area contributed by atoms with Gasteiger partial charge >= 0.3 is 0 Å². The first-order chi connectivity index (χ1) is 53.1. The van der Waals surface area contributed by atoms with E-state index in [9.17, 15) is 81.9 Å². The van der Waals surface area contributed by atoms with Gasteiger partial charge in [-0.2, -0.15) is 0 Å². The maximum atomic E-state index is 14.7. The third kappa shape index (κ3) is 37.8. The lowest BCUT2D eigenvalue weighted by Crippen LogP contribution is -2.62. The van der Waals surface area contributed by atoms with E-state index in [0.29, 0.717) is 44.1 Å². The molecule has 34 heteroatoms. The summed E-state index contributed by atoms with van der Waals surface area (Å²) in [4.78, 5) is 186. The van der Waals surface area contributed by atoms with Crippen LogP contribution in [0.4, 0.5) is 0 Å². The Morgan fingerprint density at radius 1 is 0.416 bits per heavy atom. The van der Waals surface area contributed by atoms with Gasteiger partial charge in [-0.05, 0) is 162 Å². The first-order valence-corrected chi connectivity index (χ1v) is 41.9. The molecular formula is C79H140N16O17S. The van der Waals surface area contributed by atoms with Gasteiger partial charge < -0.3 is 102 Å². The zero-order chi connectivity index (χ0) is 86.1. The average molecular weight is 1620 g/mol. The maximum absolute atomic E-state index is 14.7. The standard InChI is InChI=1S/C79H140N16O17S/c1-19-49(16)65(95-71(103)56(29-26-37-82)84-69(101)57(34-38-113(18)112)86-67(99)53(21-3)83-79(111)66(98)50(17)20-2)78(110)94-64(48(14)15)77(109)93-63(47(12)13)75(107)87-55(28-23-25-36-81)70(102)92-62(46(10)11)76(108)90-59(40-44(6)7)72(104)85-54(27-22-24-35-80)68(100)89-60(41-51-30-32-52(97)33-31-51)74(106)88-58(39-43(4)5)73(105)91-61(42-96)45(8)9/h21,30-33,43-50,54-66,96-98H,19-20,22-29,34-42,80-82H2,1-18H3,(H,83,111)(H,84,101)(H,85,104)(H,86,99)(H,87,107)(H,88,106)(H,89,100)(H,90,108)(H,91,105)(H,92,102)(H,93,109)(H,94,110)(H,95,103)/t49-,50-,54-,55+,56+,57-,58-,59+,60+,61+,62-,63-,64-,65-,66-,113?/m0/s1. The lowest BCUT2D eigenvalue weighted by atomic mass is 9.95. The number of carbonyl (C=O) groups is 13. The Morgan fingerprint density at radius 2 is 0.761 bits per heavy atom. The molecule has 113 heavy (non-hydrogen) atoms. The Bertz CT molecular complexity index is 3250. The number of nitrogens with one attached hydrogen (secondary N) is 13. The number of phenols is 1. The number of benzene rings is 1. The molecule has 0 aliphatic heterocycles. The number of hydrogen-bond donors (Lipinski definition) is 19. The van der Waals surface area contributed by atoms with Crippen LogP contribution >= 0.6 is 0 Å². The van der Waals surface area contributed by atoms with Crippen molar-refractivity contribution in [2.75, 3.05) is 38.2 Å². The van der Waals surface area contributed by atoms with E-state index in [4.69, 9.17) is 17.2 Å². The van der Waals surface area contributed by atoms with Gasteiger partial charge in [0.2, 0.25) is 65.0 Å². The van der Waals surface area contributed by atoms with Crippen LogP contribution in [-0.4, -0.2) is 213 Å². The molecule has 0 fully saturated rings. The van der Waals surface area contributed by atoms with E-state index in [1.807, 2.05) is 41.5 Å². The Morgan fingerprint density at radius 3 is 1.16 bits per heavy atom. The van der Waals surface area contributed by atoms with Crippen LogP contribution in [0.15, 0.2) is 36.0 Å². The molecule has 0 aliphatic rings. The van der Waals surface area contributed by atoms with E-state index < -0.39 is 196 Å². The molecule has 0 spiro atoms. The summed E-state index contributed by atoms with van der Waals surface area (Å²) in [6.07, 6.45) is 3.79. The van der Waals surface area contributed by atoms with E-state index in [0.717, 1.165) is 0 Å². The molecule has 0 aromatic heterocycles.